The molecule has 0 saturated carbocycles. The lowest BCUT2D eigenvalue weighted by atomic mass is 10.3. The molecule has 6 heteroatoms. The number of nitrogens with zero attached hydrogens (tertiary/aromatic N) is 3. The van der Waals surface area contributed by atoms with Crippen LogP contribution >= 0.6 is 11.6 Å². The third-order valence-electron chi connectivity index (χ3n) is 1.85. The number of hydrogen-bond acceptors (Lipinski definition) is 4. The number of halogens is 1. The standard InChI is InChI=1S/C8H7ClN4O/c9-5-2-11-4-13-6(7(14)1-10)3-12-8(5)13/h2-4H,1,10H2. The van der Waals surface area contributed by atoms with Crippen molar-refractivity contribution in [1.29, 1.82) is 0 Å². The molecule has 0 aliphatic carbocycles. The molecule has 2 aromatic rings. The van der Waals surface area contributed by atoms with Gasteiger partial charge in [-0.25, -0.2) is 9.97 Å². The van der Waals surface area contributed by atoms with E-state index in [0.29, 0.717) is 16.4 Å². The predicted octanol–water partition coefficient (Wildman–Crippen LogP) is 0.524. The number of carbonyl (C=O) groups excluding carboxylic acids is 1. The van der Waals surface area contributed by atoms with Gasteiger partial charge in [0.2, 0.25) is 0 Å². The van der Waals surface area contributed by atoms with Crippen LogP contribution in [0.25, 0.3) is 5.65 Å². The first-order chi connectivity index (χ1) is 6.74. The second-order valence-electron chi connectivity index (χ2n) is 2.71. The molecule has 0 radical (unpaired) electrons. The summed E-state index contributed by atoms with van der Waals surface area (Å²) in [5.74, 6) is -0.193. The average Bonchev–Trinajstić information content (AvgIpc) is 2.62. The highest BCUT2D eigenvalue weighted by molar-refractivity contribution is 6.33. The van der Waals surface area contributed by atoms with Gasteiger partial charge in [0.1, 0.15) is 17.0 Å². The summed E-state index contributed by atoms with van der Waals surface area (Å²) in [4.78, 5) is 19.2. The summed E-state index contributed by atoms with van der Waals surface area (Å²) in [6.07, 6.45) is 4.40. The highest BCUT2D eigenvalue weighted by Crippen LogP contribution is 2.15. The van der Waals surface area contributed by atoms with Crippen LogP contribution in [0, 0.1) is 0 Å². The summed E-state index contributed by atoms with van der Waals surface area (Å²) >= 11 is 5.83. The van der Waals surface area contributed by atoms with Gasteiger partial charge in [0, 0.05) is 0 Å². The number of fused-ring (bicyclic) bond motifs is 1. The summed E-state index contributed by atoms with van der Waals surface area (Å²) in [6, 6.07) is 0. The molecular weight excluding hydrogens is 204 g/mol. The quantitative estimate of drug-likeness (QED) is 0.734. The van der Waals surface area contributed by atoms with Crippen LogP contribution in [-0.4, -0.2) is 26.7 Å². The second kappa shape index (κ2) is 3.36. The SMILES string of the molecule is NCC(=O)c1cnc2c(Cl)cncn12. The van der Waals surface area contributed by atoms with E-state index in [1.54, 1.807) is 0 Å². The zero-order valence-electron chi connectivity index (χ0n) is 7.14. The molecule has 0 unspecified atom stereocenters. The Balaban J connectivity index is 2.70. The molecule has 0 amide bonds. The van der Waals surface area contributed by atoms with Gasteiger partial charge in [-0.3, -0.25) is 9.20 Å². The Morgan fingerprint density at radius 3 is 3.07 bits per heavy atom. The van der Waals surface area contributed by atoms with Gasteiger partial charge >= 0.3 is 0 Å². The summed E-state index contributed by atoms with van der Waals surface area (Å²) in [6.45, 7) is -0.0553. The van der Waals surface area contributed by atoms with Gasteiger partial charge in [0.05, 0.1) is 18.9 Å². The molecule has 5 nitrogen and oxygen atoms in total. The van der Waals surface area contributed by atoms with E-state index in [0.717, 1.165) is 0 Å². The zero-order valence-corrected chi connectivity index (χ0v) is 7.90. The Morgan fingerprint density at radius 2 is 2.36 bits per heavy atom. The third-order valence-corrected chi connectivity index (χ3v) is 2.12. The van der Waals surface area contributed by atoms with Crippen molar-refractivity contribution in [2.24, 2.45) is 5.73 Å². The number of hydrogen-bond donors (Lipinski definition) is 1. The molecule has 0 bridgehead atoms. The van der Waals surface area contributed by atoms with Gasteiger partial charge in [-0.1, -0.05) is 11.6 Å². The minimum Gasteiger partial charge on any atom is -0.324 e. The van der Waals surface area contributed by atoms with Gasteiger partial charge in [0.15, 0.2) is 11.4 Å². The van der Waals surface area contributed by atoms with E-state index in [2.05, 4.69) is 9.97 Å². The lowest BCUT2D eigenvalue weighted by molar-refractivity contribution is 0.0996. The Labute approximate surface area is 84.5 Å². The molecule has 0 fully saturated rings. The van der Waals surface area contributed by atoms with Crippen LogP contribution in [0.2, 0.25) is 5.02 Å². The topological polar surface area (TPSA) is 73.3 Å². The Kier molecular flexibility index (Phi) is 2.18. The highest BCUT2D eigenvalue weighted by atomic mass is 35.5. The van der Waals surface area contributed by atoms with Crippen molar-refractivity contribution in [3.05, 3.63) is 29.4 Å². The Hall–Kier alpha value is -1.46. The maximum absolute atomic E-state index is 11.3. The lowest BCUT2D eigenvalue weighted by Crippen LogP contribution is -2.15. The van der Waals surface area contributed by atoms with E-state index in [4.69, 9.17) is 17.3 Å². The number of carbonyl (C=O) groups is 1. The fraction of sp³-hybridized carbons (Fsp3) is 0.125. The van der Waals surface area contributed by atoms with Crippen LogP contribution in [-0.2, 0) is 0 Å². The smallest absolute Gasteiger partial charge is 0.194 e. The molecule has 2 aromatic heterocycles. The molecular formula is C8H7ClN4O. The summed E-state index contributed by atoms with van der Waals surface area (Å²) < 4.78 is 1.53. The number of imidazole rings is 1. The van der Waals surface area contributed by atoms with Crippen molar-refractivity contribution >= 4 is 23.0 Å². The van der Waals surface area contributed by atoms with Gasteiger partial charge in [-0.2, -0.15) is 0 Å². The first kappa shape index (κ1) is 9.11. The van der Waals surface area contributed by atoms with E-state index >= 15 is 0 Å². The molecule has 0 aliphatic heterocycles. The first-order valence-electron chi connectivity index (χ1n) is 3.94. The fourth-order valence-corrected chi connectivity index (χ4v) is 1.38. The predicted molar refractivity (Wildman–Crippen MR) is 51.4 cm³/mol. The number of ketones is 1. The number of aromatic nitrogens is 3. The number of rotatable bonds is 2. The monoisotopic (exact) mass is 210 g/mol. The van der Waals surface area contributed by atoms with Crippen molar-refractivity contribution in [2.45, 2.75) is 0 Å². The van der Waals surface area contributed by atoms with Crippen LogP contribution in [0.4, 0.5) is 0 Å². The van der Waals surface area contributed by atoms with Crippen LogP contribution < -0.4 is 5.73 Å². The Morgan fingerprint density at radius 1 is 1.57 bits per heavy atom. The molecule has 72 valence electrons. The zero-order chi connectivity index (χ0) is 10.1. The average molecular weight is 211 g/mol. The summed E-state index contributed by atoms with van der Waals surface area (Å²) in [5.41, 5.74) is 6.16. The number of Topliss-reactive ketones (excluding diaryl/α,β-unsaturated/α-hetero) is 1. The fourth-order valence-electron chi connectivity index (χ4n) is 1.19. The maximum Gasteiger partial charge on any atom is 0.194 e. The van der Waals surface area contributed by atoms with Crippen molar-refractivity contribution < 1.29 is 4.79 Å². The molecule has 14 heavy (non-hydrogen) atoms. The molecule has 0 spiro atoms. The van der Waals surface area contributed by atoms with Crippen molar-refractivity contribution in [3.8, 4) is 0 Å². The van der Waals surface area contributed by atoms with Crippen LogP contribution in [0.5, 0.6) is 0 Å². The third kappa shape index (κ3) is 1.26. The molecule has 0 aromatic carbocycles. The summed E-state index contributed by atoms with van der Waals surface area (Å²) in [7, 11) is 0. The lowest BCUT2D eigenvalue weighted by Gasteiger charge is -1.98. The van der Waals surface area contributed by atoms with E-state index in [-0.39, 0.29) is 12.3 Å². The van der Waals surface area contributed by atoms with Crippen LogP contribution in [0.3, 0.4) is 0 Å². The highest BCUT2D eigenvalue weighted by Gasteiger charge is 2.11. The van der Waals surface area contributed by atoms with Gasteiger partial charge < -0.3 is 5.73 Å². The van der Waals surface area contributed by atoms with Crippen molar-refractivity contribution in [1.82, 2.24) is 14.4 Å². The van der Waals surface area contributed by atoms with E-state index < -0.39 is 0 Å². The van der Waals surface area contributed by atoms with Gasteiger partial charge in [0.25, 0.3) is 0 Å². The minimum atomic E-state index is -0.193. The van der Waals surface area contributed by atoms with Crippen molar-refractivity contribution in [3.63, 3.8) is 0 Å². The number of nitrogens with two attached hydrogens (primary N) is 1. The van der Waals surface area contributed by atoms with Crippen LogP contribution in [0.15, 0.2) is 18.7 Å². The molecule has 2 rings (SSSR count). The first-order valence-corrected chi connectivity index (χ1v) is 4.31. The van der Waals surface area contributed by atoms with E-state index in [1.165, 1.54) is 23.1 Å². The largest absolute Gasteiger partial charge is 0.324 e. The maximum atomic E-state index is 11.3. The Bertz CT molecular complexity index is 493. The van der Waals surface area contributed by atoms with E-state index in [9.17, 15) is 4.79 Å². The van der Waals surface area contributed by atoms with Gasteiger partial charge in [-0.05, 0) is 0 Å². The van der Waals surface area contributed by atoms with Gasteiger partial charge in [-0.15, -0.1) is 0 Å². The molecule has 0 atom stereocenters. The molecule has 2 N–H and O–H groups in total. The van der Waals surface area contributed by atoms with E-state index in [1.807, 2.05) is 0 Å². The van der Waals surface area contributed by atoms with Crippen LogP contribution in [0.1, 0.15) is 10.5 Å². The molecule has 0 saturated heterocycles. The van der Waals surface area contributed by atoms with Crippen molar-refractivity contribution in [2.75, 3.05) is 6.54 Å². The normalized spacial score (nSPS) is 10.7. The molecule has 2 heterocycles. The minimum absolute atomic E-state index is 0.0553. The molecule has 0 aliphatic rings. The summed E-state index contributed by atoms with van der Waals surface area (Å²) in [5, 5.41) is 0.406. The second-order valence-corrected chi connectivity index (χ2v) is 3.11.